The lowest BCUT2D eigenvalue weighted by atomic mass is 9.74. The van der Waals surface area contributed by atoms with Gasteiger partial charge in [0.05, 0.1) is 24.6 Å². The third-order valence-corrected chi connectivity index (χ3v) is 7.93. The minimum Gasteiger partial charge on any atom is -0.497 e. The number of methoxy groups -OCH3 is 1. The average molecular weight is 407 g/mol. The van der Waals surface area contributed by atoms with E-state index in [0.717, 1.165) is 43.8 Å². The zero-order valence-electron chi connectivity index (χ0n) is 16.6. The van der Waals surface area contributed by atoms with Crippen molar-refractivity contribution in [3.63, 3.8) is 0 Å². The van der Waals surface area contributed by atoms with Crippen LogP contribution in [-0.4, -0.2) is 64.1 Å². The molecule has 0 aliphatic carbocycles. The van der Waals surface area contributed by atoms with Crippen LogP contribution in [0.3, 0.4) is 0 Å². The standard InChI is InChI=1S/C21H30N2O4S/c1-3-28(24,25)22-13-18-19-14-23(15-21(19)11-10-20(18)27-21)12-4-5-16-6-8-17(26-2)9-7-16/h4-9,18-20,22H,3,10-15H2,1-2H3/t18-,19+,20+,21+/m0/s1. The average Bonchev–Trinajstić information content (AvgIpc) is 3.35. The number of fused-ring (bicyclic) bond motifs is 1. The molecule has 0 saturated carbocycles. The van der Waals surface area contributed by atoms with Gasteiger partial charge in [-0.2, -0.15) is 0 Å². The number of rotatable bonds is 8. The van der Waals surface area contributed by atoms with E-state index in [-0.39, 0.29) is 23.4 Å². The maximum Gasteiger partial charge on any atom is 0.211 e. The molecule has 1 N–H and O–H groups in total. The van der Waals surface area contributed by atoms with E-state index in [1.807, 2.05) is 24.3 Å². The molecule has 6 nitrogen and oxygen atoms in total. The van der Waals surface area contributed by atoms with Crippen molar-refractivity contribution in [2.45, 2.75) is 31.5 Å². The number of likely N-dealkylation sites (tertiary alicyclic amines) is 1. The van der Waals surface area contributed by atoms with Crippen molar-refractivity contribution in [3.8, 4) is 5.75 Å². The first-order valence-electron chi connectivity index (χ1n) is 10.1. The monoisotopic (exact) mass is 406 g/mol. The predicted molar refractivity (Wildman–Crippen MR) is 110 cm³/mol. The molecule has 1 aromatic carbocycles. The minimum absolute atomic E-state index is 0.0685. The zero-order chi connectivity index (χ0) is 19.8. The second-order valence-electron chi connectivity index (χ2n) is 8.15. The summed E-state index contributed by atoms with van der Waals surface area (Å²) >= 11 is 0. The molecule has 3 heterocycles. The first kappa shape index (κ1) is 19.9. The molecule has 4 rings (SSSR count). The highest BCUT2D eigenvalue weighted by molar-refractivity contribution is 7.89. The van der Waals surface area contributed by atoms with Gasteiger partial charge in [0.25, 0.3) is 0 Å². The second kappa shape index (κ2) is 7.78. The van der Waals surface area contributed by atoms with Crippen molar-refractivity contribution in [2.75, 3.05) is 39.0 Å². The van der Waals surface area contributed by atoms with Gasteiger partial charge in [0.2, 0.25) is 10.0 Å². The first-order valence-corrected chi connectivity index (χ1v) is 11.8. The van der Waals surface area contributed by atoms with Gasteiger partial charge in [0.1, 0.15) is 5.75 Å². The fourth-order valence-corrected chi connectivity index (χ4v) is 5.73. The molecular formula is C21H30N2O4S. The third kappa shape index (κ3) is 3.85. The predicted octanol–water partition coefficient (Wildman–Crippen LogP) is 2.13. The van der Waals surface area contributed by atoms with Crippen LogP contribution < -0.4 is 9.46 Å². The SMILES string of the molecule is CCS(=O)(=O)NC[C@H]1[C@H]2CN(CC=Cc3ccc(OC)cc3)C[C@]23CC[C@H]1O3. The highest BCUT2D eigenvalue weighted by atomic mass is 32.2. The Kier molecular flexibility index (Phi) is 5.53. The normalized spacial score (nSPS) is 32.3. The van der Waals surface area contributed by atoms with Crippen molar-refractivity contribution in [1.82, 2.24) is 9.62 Å². The van der Waals surface area contributed by atoms with Gasteiger partial charge in [0, 0.05) is 38.0 Å². The topological polar surface area (TPSA) is 67.9 Å². The highest BCUT2D eigenvalue weighted by Crippen LogP contribution is 2.54. The summed E-state index contributed by atoms with van der Waals surface area (Å²) in [6, 6.07) is 8.03. The van der Waals surface area contributed by atoms with E-state index < -0.39 is 10.0 Å². The summed E-state index contributed by atoms with van der Waals surface area (Å²) in [6.45, 7) is 4.97. The fourth-order valence-electron chi connectivity index (χ4n) is 5.08. The Hall–Kier alpha value is -1.41. The molecular weight excluding hydrogens is 376 g/mol. The van der Waals surface area contributed by atoms with Crippen LogP contribution >= 0.6 is 0 Å². The lowest BCUT2D eigenvalue weighted by molar-refractivity contribution is 0.00373. The summed E-state index contributed by atoms with van der Waals surface area (Å²) in [4.78, 5) is 2.44. The second-order valence-corrected chi connectivity index (χ2v) is 10.2. The number of nitrogens with one attached hydrogen (secondary N) is 1. The Labute approximate surface area is 167 Å². The lowest BCUT2D eigenvalue weighted by Gasteiger charge is -2.29. The Morgan fingerprint density at radius 1 is 1.36 bits per heavy atom. The maximum absolute atomic E-state index is 11.9. The highest BCUT2D eigenvalue weighted by Gasteiger charge is 2.62. The number of nitrogens with zero attached hydrogens (tertiary/aromatic N) is 1. The number of benzene rings is 1. The Balaban J connectivity index is 1.35. The molecule has 1 aromatic rings. The van der Waals surface area contributed by atoms with Gasteiger partial charge >= 0.3 is 0 Å². The molecule has 0 radical (unpaired) electrons. The molecule has 3 fully saturated rings. The van der Waals surface area contributed by atoms with Crippen molar-refractivity contribution in [2.24, 2.45) is 11.8 Å². The Morgan fingerprint density at radius 3 is 2.86 bits per heavy atom. The van der Waals surface area contributed by atoms with Gasteiger partial charge < -0.3 is 9.47 Å². The zero-order valence-corrected chi connectivity index (χ0v) is 17.5. The van der Waals surface area contributed by atoms with Crippen molar-refractivity contribution < 1.29 is 17.9 Å². The van der Waals surface area contributed by atoms with E-state index in [4.69, 9.17) is 9.47 Å². The fraction of sp³-hybridized carbons (Fsp3) is 0.619. The van der Waals surface area contributed by atoms with Gasteiger partial charge in [-0.05, 0) is 37.5 Å². The number of hydrogen-bond donors (Lipinski definition) is 1. The van der Waals surface area contributed by atoms with Crippen molar-refractivity contribution >= 4 is 16.1 Å². The van der Waals surface area contributed by atoms with Crippen molar-refractivity contribution in [3.05, 3.63) is 35.9 Å². The van der Waals surface area contributed by atoms with Crippen LogP contribution in [0.15, 0.2) is 30.3 Å². The molecule has 0 amide bonds. The van der Waals surface area contributed by atoms with E-state index in [1.165, 1.54) is 0 Å². The van der Waals surface area contributed by atoms with E-state index >= 15 is 0 Å². The minimum atomic E-state index is -3.16. The van der Waals surface area contributed by atoms with E-state index in [9.17, 15) is 8.42 Å². The summed E-state index contributed by atoms with van der Waals surface area (Å²) in [5.74, 6) is 1.69. The van der Waals surface area contributed by atoms with Gasteiger partial charge in [-0.1, -0.05) is 24.3 Å². The summed E-state index contributed by atoms with van der Waals surface area (Å²) < 4.78 is 38.1. The molecule has 3 aliphatic heterocycles. The van der Waals surface area contributed by atoms with Gasteiger partial charge in [-0.3, -0.25) is 4.90 Å². The van der Waals surface area contributed by atoms with Crippen LogP contribution in [0, 0.1) is 11.8 Å². The molecule has 3 aliphatic rings. The third-order valence-electron chi connectivity index (χ3n) is 6.56. The van der Waals surface area contributed by atoms with E-state index in [2.05, 4.69) is 21.8 Å². The Morgan fingerprint density at radius 2 is 2.14 bits per heavy atom. The first-order chi connectivity index (χ1) is 13.4. The molecule has 4 atom stereocenters. The van der Waals surface area contributed by atoms with E-state index in [0.29, 0.717) is 12.5 Å². The Bertz CT molecular complexity index is 823. The number of ether oxygens (including phenoxy) is 2. The molecule has 3 saturated heterocycles. The molecule has 28 heavy (non-hydrogen) atoms. The summed E-state index contributed by atoms with van der Waals surface area (Å²) in [6.07, 6.45) is 6.68. The van der Waals surface area contributed by atoms with Gasteiger partial charge in [-0.25, -0.2) is 13.1 Å². The molecule has 1 spiro atoms. The van der Waals surface area contributed by atoms with E-state index in [1.54, 1.807) is 14.0 Å². The summed E-state index contributed by atoms with van der Waals surface area (Å²) in [5, 5.41) is 0. The van der Waals surface area contributed by atoms with Crippen molar-refractivity contribution in [1.29, 1.82) is 0 Å². The van der Waals surface area contributed by atoms with Gasteiger partial charge in [-0.15, -0.1) is 0 Å². The molecule has 2 bridgehead atoms. The lowest BCUT2D eigenvalue weighted by Crippen LogP contribution is -2.42. The van der Waals surface area contributed by atoms with Crippen LogP contribution in [0.2, 0.25) is 0 Å². The number of hydrogen-bond acceptors (Lipinski definition) is 5. The number of sulfonamides is 1. The largest absolute Gasteiger partial charge is 0.497 e. The quantitative estimate of drug-likeness (QED) is 0.716. The van der Waals surface area contributed by atoms with Crippen LogP contribution in [0.1, 0.15) is 25.3 Å². The van der Waals surface area contributed by atoms with Crippen LogP contribution in [0.25, 0.3) is 6.08 Å². The maximum atomic E-state index is 11.9. The molecule has 154 valence electrons. The molecule has 0 aromatic heterocycles. The summed E-state index contributed by atoms with van der Waals surface area (Å²) in [5.41, 5.74) is 1.09. The van der Waals surface area contributed by atoms with Gasteiger partial charge in [0.15, 0.2) is 0 Å². The van der Waals surface area contributed by atoms with Crippen LogP contribution in [0.4, 0.5) is 0 Å². The van der Waals surface area contributed by atoms with Crippen LogP contribution in [-0.2, 0) is 14.8 Å². The smallest absolute Gasteiger partial charge is 0.211 e. The molecule has 0 unspecified atom stereocenters. The van der Waals surface area contributed by atoms with Crippen LogP contribution in [0.5, 0.6) is 5.75 Å². The summed E-state index contributed by atoms with van der Waals surface area (Å²) in [7, 11) is -1.49. The molecule has 7 heteroatoms.